The topological polar surface area (TPSA) is 98.3 Å². The molecule has 0 aliphatic carbocycles. The fraction of sp³-hybridized carbons (Fsp3) is 0.688. The minimum atomic E-state index is -1.06. The number of amides is 1. The number of nitrogens with one attached hydrogen (secondary N) is 2. The number of rotatable bonds is 5. The molecule has 3 N–H and O–H groups in total. The van der Waals surface area contributed by atoms with Crippen LogP contribution in [-0.2, 0) is 9.59 Å². The smallest absolute Gasteiger partial charge is 0.331 e. The molecule has 1 amide bonds. The predicted octanol–water partition coefficient (Wildman–Crippen LogP) is 1.39. The molecule has 128 valence electrons. The first-order valence-corrected chi connectivity index (χ1v) is 8.10. The van der Waals surface area contributed by atoms with E-state index in [4.69, 9.17) is 0 Å². The second kappa shape index (κ2) is 7.12. The molecule has 7 heteroatoms. The van der Waals surface area contributed by atoms with Crippen LogP contribution in [0.4, 0.5) is 0 Å². The van der Waals surface area contributed by atoms with Gasteiger partial charge in [0.25, 0.3) is 0 Å². The van der Waals surface area contributed by atoms with E-state index in [9.17, 15) is 14.7 Å². The van der Waals surface area contributed by atoms with Crippen LogP contribution in [0.15, 0.2) is 0 Å². The molecular formula is C16H26N4O3. The minimum absolute atomic E-state index is 0.126. The van der Waals surface area contributed by atoms with Gasteiger partial charge in [0.1, 0.15) is 0 Å². The number of aryl methyl sites for hydroxylation is 2. The Hall–Kier alpha value is -1.89. The van der Waals surface area contributed by atoms with E-state index in [1.165, 1.54) is 0 Å². The highest BCUT2D eigenvalue weighted by Gasteiger charge is 2.32. The third kappa shape index (κ3) is 3.90. The van der Waals surface area contributed by atoms with E-state index in [0.29, 0.717) is 23.0 Å². The Balaban J connectivity index is 2.04. The number of hydrogen-bond donors (Lipinski definition) is 3. The molecule has 1 aliphatic heterocycles. The maximum atomic E-state index is 12.5. The molecule has 1 aliphatic rings. The number of aliphatic carboxylic acids is 1. The van der Waals surface area contributed by atoms with Crippen LogP contribution in [0.2, 0.25) is 0 Å². The number of carboxylic acids is 1. The Kier molecular flexibility index (Phi) is 5.41. The van der Waals surface area contributed by atoms with Gasteiger partial charge in [-0.3, -0.25) is 9.89 Å². The standard InChI is InChI=1S/C16H26N4O3/c1-9(2)20-7-5-12(6-8-20)15(21)17-14(16(22)23)13-10(3)18-19-11(13)4/h9,12,14H,5-8H2,1-4H3,(H,17,21)(H,18,19)(H,22,23)/t14-/m0/s1. The normalized spacial score (nSPS) is 18.1. The van der Waals surface area contributed by atoms with Gasteiger partial charge in [-0.25, -0.2) is 4.79 Å². The van der Waals surface area contributed by atoms with Gasteiger partial charge in [0.2, 0.25) is 5.91 Å². The van der Waals surface area contributed by atoms with Crippen molar-refractivity contribution in [2.75, 3.05) is 13.1 Å². The summed E-state index contributed by atoms with van der Waals surface area (Å²) in [6.45, 7) is 9.53. The van der Waals surface area contributed by atoms with Gasteiger partial charge in [-0.2, -0.15) is 5.10 Å². The number of carboxylic acid groups (broad SMARTS) is 1. The van der Waals surface area contributed by atoms with Crippen LogP contribution in [0.5, 0.6) is 0 Å². The van der Waals surface area contributed by atoms with Gasteiger partial charge in [0.05, 0.1) is 5.69 Å². The molecule has 2 rings (SSSR count). The highest BCUT2D eigenvalue weighted by Crippen LogP contribution is 2.23. The average Bonchev–Trinajstić information content (AvgIpc) is 2.83. The highest BCUT2D eigenvalue weighted by molar-refractivity contribution is 5.86. The lowest BCUT2D eigenvalue weighted by Crippen LogP contribution is -2.45. The highest BCUT2D eigenvalue weighted by atomic mass is 16.4. The van der Waals surface area contributed by atoms with Crippen LogP contribution >= 0.6 is 0 Å². The zero-order valence-corrected chi connectivity index (χ0v) is 14.2. The van der Waals surface area contributed by atoms with Crippen LogP contribution in [0, 0.1) is 19.8 Å². The number of likely N-dealkylation sites (tertiary alicyclic amines) is 1. The molecule has 0 spiro atoms. The largest absolute Gasteiger partial charge is 0.479 e. The molecule has 0 radical (unpaired) electrons. The summed E-state index contributed by atoms with van der Waals surface area (Å²) in [6, 6.07) is -0.577. The van der Waals surface area contributed by atoms with Crippen LogP contribution in [0.3, 0.4) is 0 Å². The van der Waals surface area contributed by atoms with Gasteiger partial charge in [-0.1, -0.05) is 0 Å². The van der Waals surface area contributed by atoms with E-state index < -0.39 is 12.0 Å². The summed E-state index contributed by atoms with van der Waals surface area (Å²) < 4.78 is 0. The summed E-state index contributed by atoms with van der Waals surface area (Å²) in [5.41, 5.74) is 1.82. The Morgan fingerprint density at radius 3 is 2.35 bits per heavy atom. The molecule has 0 saturated carbocycles. The number of H-pyrrole nitrogens is 1. The van der Waals surface area contributed by atoms with Crippen molar-refractivity contribution in [3.63, 3.8) is 0 Å². The monoisotopic (exact) mass is 322 g/mol. The zero-order chi connectivity index (χ0) is 17.1. The van der Waals surface area contributed by atoms with Crippen molar-refractivity contribution >= 4 is 11.9 Å². The lowest BCUT2D eigenvalue weighted by atomic mass is 9.94. The van der Waals surface area contributed by atoms with Crippen LogP contribution in [0.25, 0.3) is 0 Å². The molecule has 23 heavy (non-hydrogen) atoms. The number of carbonyl (C=O) groups excluding carboxylic acids is 1. The Morgan fingerprint density at radius 1 is 1.30 bits per heavy atom. The molecule has 0 bridgehead atoms. The number of aromatic nitrogens is 2. The van der Waals surface area contributed by atoms with E-state index in [1.807, 2.05) is 0 Å². The predicted molar refractivity (Wildman–Crippen MR) is 86.0 cm³/mol. The summed E-state index contributed by atoms with van der Waals surface area (Å²) in [4.78, 5) is 26.4. The van der Waals surface area contributed by atoms with Gasteiger partial charge < -0.3 is 15.3 Å². The third-order valence-corrected chi connectivity index (χ3v) is 4.64. The van der Waals surface area contributed by atoms with E-state index in [-0.39, 0.29) is 11.8 Å². The molecule has 7 nitrogen and oxygen atoms in total. The number of hydrogen-bond acceptors (Lipinski definition) is 4. The van der Waals surface area contributed by atoms with Gasteiger partial charge in [0.15, 0.2) is 6.04 Å². The summed E-state index contributed by atoms with van der Waals surface area (Å²) in [5, 5.41) is 19.0. The van der Waals surface area contributed by atoms with Gasteiger partial charge in [-0.05, 0) is 53.6 Å². The fourth-order valence-electron chi connectivity index (χ4n) is 3.18. The first-order chi connectivity index (χ1) is 10.8. The molecule has 2 heterocycles. The van der Waals surface area contributed by atoms with E-state index in [2.05, 4.69) is 34.3 Å². The summed E-state index contributed by atoms with van der Waals surface area (Å²) in [5.74, 6) is -1.37. The lowest BCUT2D eigenvalue weighted by Gasteiger charge is -2.34. The number of carbonyl (C=O) groups is 2. The second-order valence-electron chi connectivity index (χ2n) is 6.53. The summed E-state index contributed by atoms with van der Waals surface area (Å²) in [7, 11) is 0. The van der Waals surface area contributed by atoms with Crippen molar-refractivity contribution < 1.29 is 14.7 Å². The van der Waals surface area contributed by atoms with Crippen molar-refractivity contribution in [1.29, 1.82) is 0 Å². The first-order valence-electron chi connectivity index (χ1n) is 8.10. The molecule has 0 unspecified atom stereocenters. The quantitative estimate of drug-likeness (QED) is 0.761. The minimum Gasteiger partial charge on any atom is -0.479 e. The number of nitrogens with zero attached hydrogens (tertiary/aromatic N) is 2. The van der Waals surface area contributed by atoms with Crippen LogP contribution in [-0.4, -0.2) is 51.2 Å². The van der Waals surface area contributed by atoms with E-state index in [0.717, 1.165) is 25.9 Å². The molecule has 1 atom stereocenters. The SMILES string of the molecule is Cc1n[nH]c(C)c1[C@H](NC(=O)C1CCN(C(C)C)CC1)C(=O)O. The molecule has 1 aromatic heterocycles. The van der Waals surface area contributed by atoms with Crippen molar-refractivity contribution in [3.05, 3.63) is 17.0 Å². The Morgan fingerprint density at radius 2 is 1.91 bits per heavy atom. The van der Waals surface area contributed by atoms with Crippen molar-refractivity contribution in [1.82, 2.24) is 20.4 Å². The van der Waals surface area contributed by atoms with Gasteiger partial charge >= 0.3 is 5.97 Å². The number of aromatic amines is 1. The number of piperidine rings is 1. The molecule has 1 fully saturated rings. The summed E-state index contributed by atoms with van der Waals surface area (Å²) in [6.07, 6.45) is 1.53. The molecular weight excluding hydrogens is 296 g/mol. The fourth-order valence-corrected chi connectivity index (χ4v) is 3.18. The Bertz CT molecular complexity index is 554. The van der Waals surface area contributed by atoms with E-state index >= 15 is 0 Å². The second-order valence-corrected chi connectivity index (χ2v) is 6.53. The van der Waals surface area contributed by atoms with Crippen molar-refractivity contribution in [2.45, 2.75) is 52.6 Å². The van der Waals surface area contributed by atoms with Gasteiger partial charge in [0, 0.05) is 23.2 Å². The maximum absolute atomic E-state index is 12.5. The third-order valence-electron chi connectivity index (χ3n) is 4.64. The van der Waals surface area contributed by atoms with Crippen molar-refractivity contribution in [2.24, 2.45) is 5.92 Å². The first kappa shape index (κ1) is 17.5. The molecule has 1 aromatic rings. The molecule has 1 saturated heterocycles. The molecule has 0 aromatic carbocycles. The lowest BCUT2D eigenvalue weighted by molar-refractivity contribution is -0.143. The van der Waals surface area contributed by atoms with E-state index in [1.54, 1.807) is 13.8 Å². The van der Waals surface area contributed by atoms with Crippen molar-refractivity contribution in [3.8, 4) is 0 Å². The summed E-state index contributed by atoms with van der Waals surface area (Å²) >= 11 is 0. The average molecular weight is 322 g/mol. The van der Waals surface area contributed by atoms with Crippen LogP contribution < -0.4 is 5.32 Å². The zero-order valence-electron chi connectivity index (χ0n) is 14.2. The van der Waals surface area contributed by atoms with Gasteiger partial charge in [-0.15, -0.1) is 0 Å². The van der Waals surface area contributed by atoms with Crippen LogP contribution in [0.1, 0.15) is 49.7 Å². The maximum Gasteiger partial charge on any atom is 0.331 e. The Labute approximate surface area is 136 Å².